The Hall–Kier alpha value is -2.70. The minimum absolute atomic E-state index is 0.0160. The van der Waals surface area contributed by atoms with Gasteiger partial charge in [0.25, 0.3) is 11.8 Å². The van der Waals surface area contributed by atoms with Gasteiger partial charge in [-0.25, -0.2) is 0 Å². The quantitative estimate of drug-likeness (QED) is 0.440. The first-order valence-electron chi connectivity index (χ1n) is 10.2. The molecule has 1 aliphatic carbocycles. The number of amides is 2. The Labute approximate surface area is 182 Å². The third-order valence-corrected chi connectivity index (χ3v) is 7.87. The Morgan fingerprint density at radius 1 is 0.733 bits per heavy atom. The van der Waals surface area contributed by atoms with Crippen molar-refractivity contribution in [2.75, 3.05) is 0 Å². The van der Waals surface area contributed by atoms with Gasteiger partial charge in [-0.1, -0.05) is 36.4 Å². The minimum atomic E-state index is -0.0160. The molecule has 2 N–H and O–H groups in total. The van der Waals surface area contributed by atoms with Crippen LogP contribution in [0.3, 0.4) is 0 Å². The van der Waals surface area contributed by atoms with Crippen LogP contribution in [0.1, 0.15) is 45.0 Å². The zero-order chi connectivity index (χ0) is 20.5. The highest BCUT2D eigenvalue weighted by molar-refractivity contribution is 7.21. The van der Waals surface area contributed by atoms with Crippen molar-refractivity contribution < 1.29 is 9.59 Å². The van der Waals surface area contributed by atoms with Gasteiger partial charge in [0.05, 0.1) is 9.75 Å². The molecule has 0 aliphatic heterocycles. The van der Waals surface area contributed by atoms with E-state index < -0.39 is 0 Å². The lowest BCUT2D eigenvalue weighted by Gasteiger charge is -2.30. The summed E-state index contributed by atoms with van der Waals surface area (Å²) in [7, 11) is 0. The van der Waals surface area contributed by atoms with Gasteiger partial charge in [-0.05, 0) is 60.7 Å². The molecule has 152 valence electrons. The standard InChI is InChI=1S/C24H22N2O2S2/c27-23(21-12-15-6-1-3-10-19(15)29-21)25-17-8-5-9-18(14-17)26-24(28)22-13-16-7-2-4-11-20(16)30-22/h1-4,6-7,10-13,17-18H,5,8-9,14H2,(H,25,27)(H,26,28). The Morgan fingerprint density at radius 2 is 1.20 bits per heavy atom. The first kappa shape index (κ1) is 19.3. The second kappa shape index (κ2) is 8.20. The fourth-order valence-electron chi connectivity index (χ4n) is 4.15. The lowest BCUT2D eigenvalue weighted by molar-refractivity contribution is 0.0907. The van der Waals surface area contributed by atoms with Gasteiger partial charge in [0.15, 0.2) is 0 Å². The monoisotopic (exact) mass is 434 g/mol. The Morgan fingerprint density at radius 3 is 1.67 bits per heavy atom. The van der Waals surface area contributed by atoms with Gasteiger partial charge in [0, 0.05) is 21.5 Å². The smallest absolute Gasteiger partial charge is 0.261 e. The van der Waals surface area contributed by atoms with Crippen LogP contribution in [-0.2, 0) is 0 Å². The van der Waals surface area contributed by atoms with Gasteiger partial charge in [0.1, 0.15) is 0 Å². The van der Waals surface area contributed by atoms with Crippen LogP contribution in [0, 0.1) is 0 Å². The van der Waals surface area contributed by atoms with Crippen molar-refractivity contribution in [1.82, 2.24) is 10.6 Å². The minimum Gasteiger partial charge on any atom is -0.349 e. The van der Waals surface area contributed by atoms with Crippen LogP contribution < -0.4 is 10.6 Å². The van der Waals surface area contributed by atoms with Gasteiger partial charge in [-0.3, -0.25) is 9.59 Å². The number of rotatable bonds is 4. The maximum Gasteiger partial charge on any atom is 0.261 e. The van der Waals surface area contributed by atoms with Crippen molar-refractivity contribution in [3.63, 3.8) is 0 Å². The van der Waals surface area contributed by atoms with Gasteiger partial charge in [-0.15, -0.1) is 22.7 Å². The highest BCUT2D eigenvalue weighted by atomic mass is 32.1. The summed E-state index contributed by atoms with van der Waals surface area (Å²) in [4.78, 5) is 27.0. The van der Waals surface area contributed by atoms with Gasteiger partial charge in [0.2, 0.25) is 0 Å². The molecular formula is C24H22N2O2S2. The summed E-state index contributed by atoms with van der Waals surface area (Å²) in [5.41, 5.74) is 0. The van der Waals surface area contributed by atoms with Crippen LogP contribution in [0.15, 0.2) is 60.7 Å². The fourth-order valence-corrected chi connectivity index (χ4v) is 6.08. The van der Waals surface area contributed by atoms with E-state index >= 15 is 0 Å². The number of carbonyl (C=O) groups excluding carboxylic acids is 2. The molecule has 0 spiro atoms. The molecule has 1 fully saturated rings. The molecule has 4 aromatic rings. The van der Waals surface area contributed by atoms with Crippen LogP contribution in [0.2, 0.25) is 0 Å². The summed E-state index contributed by atoms with van der Waals surface area (Å²) in [5, 5.41) is 8.57. The predicted octanol–water partition coefficient (Wildman–Crippen LogP) is 5.59. The summed E-state index contributed by atoms with van der Waals surface area (Å²) in [5.74, 6) is -0.0321. The number of benzene rings is 2. The molecule has 2 heterocycles. The van der Waals surface area contributed by atoms with E-state index in [0.29, 0.717) is 0 Å². The molecule has 4 nitrogen and oxygen atoms in total. The van der Waals surface area contributed by atoms with Gasteiger partial charge in [-0.2, -0.15) is 0 Å². The average Bonchev–Trinajstić information content (AvgIpc) is 3.38. The maximum absolute atomic E-state index is 12.7. The Balaban J connectivity index is 1.22. The van der Waals surface area contributed by atoms with Crippen molar-refractivity contribution in [2.45, 2.75) is 37.8 Å². The van der Waals surface area contributed by atoms with Crippen molar-refractivity contribution >= 4 is 54.7 Å². The third kappa shape index (κ3) is 3.98. The van der Waals surface area contributed by atoms with Crippen LogP contribution in [0.5, 0.6) is 0 Å². The molecule has 0 radical (unpaired) electrons. The molecule has 30 heavy (non-hydrogen) atoms. The van der Waals surface area contributed by atoms with E-state index in [4.69, 9.17) is 0 Å². The van der Waals surface area contributed by atoms with Crippen molar-refractivity contribution in [3.05, 3.63) is 70.4 Å². The van der Waals surface area contributed by atoms with E-state index in [1.807, 2.05) is 60.7 Å². The zero-order valence-electron chi connectivity index (χ0n) is 16.4. The molecule has 2 amide bonds. The third-order valence-electron chi connectivity index (χ3n) is 5.64. The molecule has 0 saturated heterocycles. The molecule has 2 aromatic carbocycles. The summed E-state index contributed by atoms with van der Waals surface area (Å²) < 4.78 is 2.25. The number of hydrogen-bond donors (Lipinski definition) is 2. The summed E-state index contributed by atoms with van der Waals surface area (Å²) in [6, 6.07) is 20.2. The number of carbonyl (C=O) groups is 2. The molecule has 1 aliphatic rings. The summed E-state index contributed by atoms with van der Waals surface area (Å²) in [6.45, 7) is 0. The first-order chi connectivity index (χ1) is 14.7. The highest BCUT2D eigenvalue weighted by Crippen LogP contribution is 2.27. The molecule has 1 saturated carbocycles. The number of thiophene rings is 2. The summed E-state index contributed by atoms with van der Waals surface area (Å²) >= 11 is 3.05. The Kier molecular flexibility index (Phi) is 5.27. The topological polar surface area (TPSA) is 58.2 Å². The molecule has 6 heteroatoms. The number of nitrogens with one attached hydrogen (secondary N) is 2. The van der Waals surface area contributed by atoms with Gasteiger partial charge >= 0.3 is 0 Å². The molecule has 2 aromatic heterocycles. The second-order valence-corrected chi connectivity index (χ2v) is 9.97. The highest BCUT2D eigenvalue weighted by Gasteiger charge is 2.26. The van der Waals surface area contributed by atoms with Crippen LogP contribution in [0.25, 0.3) is 20.2 Å². The second-order valence-electron chi connectivity index (χ2n) is 7.80. The molecule has 2 atom stereocenters. The van der Waals surface area contributed by atoms with E-state index in [-0.39, 0.29) is 23.9 Å². The SMILES string of the molecule is O=C(NC1CCCC(NC(=O)c2cc3ccccc3s2)C1)c1cc2ccccc2s1. The van der Waals surface area contributed by atoms with E-state index in [0.717, 1.165) is 55.6 Å². The Bertz CT molecular complexity index is 1070. The fraction of sp³-hybridized carbons (Fsp3) is 0.250. The van der Waals surface area contributed by atoms with Crippen LogP contribution in [0.4, 0.5) is 0 Å². The van der Waals surface area contributed by atoms with Crippen molar-refractivity contribution in [1.29, 1.82) is 0 Å². The first-order valence-corrected chi connectivity index (χ1v) is 11.9. The number of fused-ring (bicyclic) bond motifs is 2. The van der Waals surface area contributed by atoms with E-state index in [9.17, 15) is 9.59 Å². The van der Waals surface area contributed by atoms with Crippen LogP contribution >= 0.6 is 22.7 Å². The summed E-state index contributed by atoms with van der Waals surface area (Å²) in [6.07, 6.45) is 3.67. The lowest BCUT2D eigenvalue weighted by atomic mass is 9.91. The van der Waals surface area contributed by atoms with E-state index in [1.54, 1.807) is 0 Å². The number of hydrogen-bond acceptors (Lipinski definition) is 4. The van der Waals surface area contributed by atoms with E-state index in [2.05, 4.69) is 10.6 Å². The maximum atomic E-state index is 12.7. The molecular weight excluding hydrogens is 412 g/mol. The van der Waals surface area contributed by atoms with E-state index in [1.165, 1.54) is 22.7 Å². The van der Waals surface area contributed by atoms with Gasteiger partial charge < -0.3 is 10.6 Å². The van der Waals surface area contributed by atoms with Crippen molar-refractivity contribution in [2.24, 2.45) is 0 Å². The molecule has 0 bridgehead atoms. The van der Waals surface area contributed by atoms with Crippen LogP contribution in [-0.4, -0.2) is 23.9 Å². The normalized spacial score (nSPS) is 19.1. The molecule has 5 rings (SSSR count). The zero-order valence-corrected chi connectivity index (χ0v) is 18.0. The largest absolute Gasteiger partial charge is 0.349 e. The lowest BCUT2D eigenvalue weighted by Crippen LogP contribution is -2.45. The average molecular weight is 435 g/mol. The molecule has 2 unspecified atom stereocenters. The predicted molar refractivity (Wildman–Crippen MR) is 125 cm³/mol. The van der Waals surface area contributed by atoms with Crippen molar-refractivity contribution in [3.8, 4) is 0 Å².